The first-order valence-electron chi connectivity index (χ1n) is 4.72. The molecule has 0 aromatic heterocycles. The van der Waals surface area contributed by atoms with Crippen molar-refractivity contribution in [3.8, 4) is 0 Å². The predicted octanol–water partition coefficient (Wildman–Crippen LogP) is 2.14. The minimum Gasteiger partial charge on any atom is -0.500 e. The Labute approximate surface area is 94.5 Å². The van der Waals surface area contributed by atoms with Gasteiger partial charge in [-0.25, -0.2) is 4.79 Å². The predicted molar refractivity (Wildman–Crippen MR) is 61.7 cm³/mol. The van der Waals surface area contributed by atoms with Crippen molar-refractivity contribution in [1.82, 2.24) is 0 Å². The SMILES string of the molecule is COC(=O)C1=CCC(SC)C(OC)=C1C. The van der Waals surface area contributed by atoms with Gasteiger partial charge in [0.05, 0.1) is 25.0 Å². The number of hydrogen-bond acceptors (Lipinski definition) is 4. The number of carbonyl (C=O) groups is 1. The highest BCUT2D eigenvalue weighted by Gasteiger charge is 2.26. The highest BCUT2D eigenvalue weighted by atomic mass is 32.2. The Morgan fingerprint density at radius 2 is 2.20 bits per heavy atom. The molecule has 0 bridgehead atoms. The number of methoxy groups -OCH3 is 2. The van der Waals surface area contributed by atoms with E-state index in [9.17, 15) is 4.79 Å². The second-order valence-electron chi connectivity index (χ2n) is 3.26. The Morgan fingerprint density at radius 3 is 2.67 bits per heavy atom. The molecule has 0 aromatic rings. The highest BCUT2D eigenvalue weighted by Crippen LogP contribution is 2.32. The Morgan fingerprint density at radius 1 is 1.53 bits per heavy atom. The van der Waals surface area contributed by atoms with Crippen LogP contribution in [0.2, 0.25) is 0 Å². The molecular formula is C11H16O3S. The molecule has 0 N–H and O–H groups in total. The fourth-order valence-corrected chi connectivity index (χ4v) is 2.47. The third-order valence-corrected chi connectivity index (χ3v) is 3.49. The number of esters is 1. The summed E-state index contributed by atoms with van der Waals surface area (Å²) < 4.78 is 10.1. The maximum Gasteiger partial charge on any atom is 0.337 e. The topological polar surface area (TPSA) is 35.5 Å². The maximum atomic E-state index is 11.4. The number of thioether (sulfide) groups is 1. The molecule has 3 nitrogen and oxygen atoms in total. The van der Waals surface area contributed by atoms with Crippen LogP contribution in [0.25, 0.3) is 0 Å². The van der Waals surface area contributed by atoms with Gasteiger partial charge in [-0.05, 0) is 19.6 Å². The molecule has 0 aliphatic heterocycles. The number of carbonyl (C=O) groups excluding carboxylic acids is 1. The third kappa shape index (κ3) is 2.37. The molecule has 0 fully saturated rings. The van der Waals surface area contributed by atoms with Gasteiger partial charge in [0.1, 0.15) is 5.76 Å². The number of rotatable bonds is 3. The summed E-state index contributed by atoms with van der Waals surface area (Å²) in [4.78, 5) is 11.4. The zero-order valence-electron chi connectivity index (χ0n) is 9.49. The van der Waals surface area contributed by atoms with E-state index in [1.807, 2.05) is 19.3 Å². The van der Waals surface area contributed by atoms with Crippen molar-refractivity contribution in [3.05, 3.63) is 23.0 Å². The van der Waals surface area contributed by atoms with Crippen molar-refractivity contribution in [1.29, 1.82) is 0 Å². The molecule has 15 heavy (non-hydrogen) atoms. The van der Waals surface area contributed by atoms with Gasteiger partial charge in [-0.3, -0.25) is 0 Å². The lowest BCUT2D eigenvalue weighted by atomic mass is 9.97. The third-order valence-electron chi connectivity index (χ3n) is 2.51. The lowest BCUT2D eigenvalue weighted by Gasteiger charge is -2.23. The van der Waals surface area contributed by atoms with E-state index in [2.05, 4.69) is 0 Å². The molecule has 0 aromatic carbocycles. The summed E-state index contributed by atoms with van der Waals surface area (Å²) in [6.45, 7) is 1.89. The van der Waals surface area contributed by atoms with Crippen LogP contribution in [0, 0.1) is 0 Å². The van der Waals surface area contributed by atoms with Crippen molar-refractivity contribution >= 4 is 17.7 Å². The second-order valence-corrected chi connectivity index (χ2v) is 4.30. The number of ether oxygens (including phenoxy) is 2. The fourth-order valence-electron chi connectivity index (χ4n) is 1.69. The molecule has 0 saturated heterocycles. The van der Waals surface area contributed by atoms with Crippen LogP contribution in [0.4, 0.5) is 0 Å². The molecule has 1 aliphatic carbocycles. The van der Waals surface area contributed by atoms with Crippen LogP contribution in [0.15, 0.2) is 23.0 Å². The minimum atomic E-state index is -0.290. The van der Waals surface area contributed by atoms with E-state index in [0.717, 1.165) is 17.8 Å². The molecule has 0 spiro atoms. The van der Waals surface area contributed by atoms with Gasteiger partial charge in [0.15, 0.2) is 0 Å². The average molecular weight is 228 g/mol. The van der Waals surface area contributed by atoms with E-state index in [1.165, 1.54) is 7.11 Å². The van der Waals surface area contributed by atoms with E-state index in [4.69, 9.17) is 9.47 Å². The Kier molecular flexibility index (Phi) is 4.27. The fraction of sp³-hybridized carbons (Fsp3) is 0.545. The largest absolute Gasteiger partial charge is 0.500 e. The number of allylic oxidation sites excluding steroid dienone is 1. The van der Waals surface area contributed by atoms with E-state index in [-0.39, 0.29) is 5.97 Å². The smallest absolute Gasteiger partial charge is 0.337 e. The summed E-state index contributed by atoms with van der Waals surface area (Å²) >= 11 is 1.72. The highest BCUT2D eigenvalue weighted by molar-refractivity contribution is 7.99. The van der Waals surface area contributed by atoms with Gasteiger partial charge < -0.3 is 9.47 Å². The second kappa shape index (κ2) is 5.26. The lowest BCUT2D eigenvalue weighted by molar-refractivity contribution is -0.135. The summed E-state index contributed by atoms with van der Waals surface area (Å²) in [6, 6.07) is 0. The molecular weight excluding hydrogens is 212 g/mol. The van der Waals surface area contributed by atoms with Crippen LogP contribution < -0.4 is 0 Å². The van der Waals surface area contributed by atoms with Crippen molar-refractivity contribution in [2.75, 3.05) is 20.5 Å². The minimum absolute atomic E-state index is 0.290. The lowest BCUT2D eigenvalue weighted by Crippen LogP contribution is -2.18. The molecule has 0 radical (unpaired) electrons. The van der Waals surface area contributed by atoms with E-state index < -0.39 is 0 Å². The van der Waals surface area contributed by atoms with Gasteiger partial charge in [-0.15, -0.1) is 0 Å². The van der Waals surface area contributed by atoms with Gasteiger partial charge in [0.25, 0.3) is 0 Å². The maximum absolute atomic E-state index is 11.4. The van der Waals surface area contributed by atoms with Crippen molar-refractivity contribution in [2.24, 2.45) is 0 Å². The van der Waals surface area contributed by atoms with E-state index in [0.29, 0.717) is 10.8 Å². The van der Waals surface area contributed by atoms with Gasteiger partial charge in [-0.1, -0.05) is 6.08 Å². The normalized spacial score (nSPS) is 21.1. The van der Waals surface area contributed by atoms with E-state index >= 15 is 0 Å². The first-order valence-corrected chi connectivity index (χ1v) is 6.00. The number of hydrogen-bond donors (Lipinski definition) is 0. The van der Waals surface area contributed by atoms with Crippen molar-refractivity contribution < 1.29 is 14.3 Å². The first-order chi connectivity index (χ1) is 7.15. The Balaban J connectivity index is 3.02. The molecule has 0 amide bonds. The van der Waals surface area contributed by atoms with E-state index in [1.54, 1.807) is 18.9 Å². The summed E-state index contributed by atoms with van der Waals surface area (Å²) in [5.74, 6) is 0.590. The standard InChI is InChI=1S/C11H16O3S/c1-7-8(11(12)14-3)5-6-9(15-4)10(7)13-2/h5,9H,6H2,1-4H3. The average Bonchev–Trinajstić information content (AvgIpc) is 2.27. The molecule has 1 rings (SSSR count). The van der Waals surface area contributed by atoms with Crippen LogP contribution in [0.5, 0.6) is 0 Å². The Hall–Kier alpha value is -0.900. The van der Waals surface area contributed by atoms with Gasteiger partial charge >= 0.3 is 5.97 Å². The molecule has 0 saturated carbocycles. The molecule has 1 atom stereocenters. The van der Waals surface area contributed by atoms with Crippen LogP contribution in [-0.2, 0) is 14.3 Å². The summed E-state index contributed by atoms with van der Waals surface area (Å²) in [7, 11) is 3.03. The van der Waals surface area contributed by atoms with Gasteiger partial charge in [0.2, 0.25) is 0 Å². The van der Waals surface area contributed by atoms with Crippen LogP contribution in [0.1, 0.15) is 13.3 Å². The summed E-state index contributed by atoms with van der Waals surface area (Å²) in [5, 5.41) is 0.309. The zero-order chi connectivity index (χ0) is 11.4. The first kappa shape index (κ1) is 12.2. The van der Waals surface area contributed by atoms with Crippen LogP contribution in [0.3, 0.4) is 0 Å². The Bertz CT molecular complexity index is 318. The van der Waals surface area contributed by atoms with Gasteiger partial charge in [-0.2, -0.15) is 11.8 Å². The quantitative estimate of drug-likeness (QED) is 0.693. The molecule has 4 heteroatoms. The summed E-state index contributed by atoms with van der Waals surface area (Å²) in [5.41, 5.74) is 1.51. The monoisotopic (exact) mass is 228 g/mol. The van der Waals surface area contributed by atoms with Crippen LogP contribution in [-0.4, -0.2) is 31.7 Å². The van der Waals surface area contributed by atoms with Crippen molar-refractivity contribution in [3.63, 3.8) is 0 Å². The van der Waals surface area contributed by atoms with Crippen molar-refractivity contribution in [2.45, 2.75) is 18.6 Å². The summed E-state index contributed by atoms with van der Waals surface area (Å²) in [6.07, 6.45) is 4.77. The molecule has 1 aliphatic rings. The molecule has 1 unspecified atom stereocenters. The van der Waals surface area contributed by atoms with Gasteiger partial charge in [0, 0.05) is 5.57 Å². The zero-order valence-corrected chi connectivity index (χ0v) is 10.3. The van der Waals surface area contributed by atoms with Crippen LogP contribution >= 0.6 is 11.8 Å². The molecule has 84 valence electrons. The molecule has 0 heterocycles.